The van der Waals surface area contributed by atoms with Crippen molar-refractivity contribution in [3.8, 4) is 0 Å². The Kier molecular flexibility index (Phi) is 49.6. The number of unbranched alkanes of at least 4 members (excludes halogenated alkanes) is 1. The van der Waals surface area contributed by atoms with E-state index in [9.17, 15) is 0 Å². The van der Waals surface area contributed by atoms with Crippen LogP contribution < -0.4 is 0 Å². The molecule has 1 rings (SSSR count). The Balaban J connectivity index is -0.0000000315. The molecule has 0 nitrogen and oxygen atoms in total. The standard InChI is InChI=1S/C6H7.C4H9.3ClH.V/c1-6-4-2-3-5-6;1-3-4-2;;;;/h4-5H,2H2,1H3;1,3-4H2,2H3;3*1H;/q2*-1;;;;+2. The van der Waals surface area contributed by atoms with E-state index in [2.05, 4.69) is 32.9 Å². The van der Waals surface area contributed by atoms with Gasteiger partial charge in [-0.05, 0) is 0 Å². The fraction of sp³-hybridized carbons (Fsp3) is 0.500. The second-order valence-electron chi connectivity index (χ2n) is 2.35. The van der Waals surface area contributed by atoms with Gasteiger partial charge in [-0.3, -0.25) is 6.08 Å². The summed E-state index contributed by atoms with van der Waals surface area (Å²) in [6.07, 6.45) is 10.5. The van der Waals surface area contributed by atoms with E-state index in [0.717, 1.165) is 12.8 Å². The molecule has 0 aromatic carbocycles. The molecule has 4 heteroatoms. The first-order valence-electron chi connectivity index (χ1n) is 3.83. The summed E-state index contributed by atoms with van der Waals surface area (Å²) in [4.78, 5) is 0. The van der Waals surface area contributed by atoms with Crippen LogP contribution in [0.15, 0.2) is 17.7 Å². The summed E-state index contributed by atoms with van der Waals surface area (Å²) in [5, 5.41) is 0. The third kappa shape index (κ3) is 23.1. The van der Waals surface area contributed by atoms with Gasteiger partial charge in [0.25, 0.3) is 0 Å². The predicted molar refractivity (Wildman–Crippen MR) is 68.2 cm³/mol. The Morgan fingerprint density at radius 1 is 1.36 bits per heavy atom. The van der Waals surface area contributed by atoms with Gasteiger partial charge < -0.3 is 6.92 Å². The first-order chi connectivity index (χ1) is 4.81. The quantitative estimate of drug-likeness (QED) is 0.621. The van der Waals surface area contributed by atoms with Gasteiger partial charge in [-0.25, -0.2) is 11.6 Å². The van der Waals surface area contributed by atoms with Crippen LogP contribution in [0.2, 0.25) is 0 Å². The smallest absolute Gasteiger partial charge is 0.343 e. The van der Waals surface area contributed by atoms with Crippen molar-refractivity contribution in [2.45, 2.75) is 33.1 Å². The Morgan fingerprint density at radius 2 is 1.79 bits per heavy atom. The zero-order valence-electron chi connectivity index (χ0n) is 8.66. The van der Waals surface area contributed by atoms with E-state index in [1.807, 2.05) is 6.08 Å². The molecule has 0 atom stereocenters. The van der Waals surface area contributed by atoms with E-state index < -0.39 is 0 Å². The number of allylic oxidation sites excluding steroid dienone is 4. The molecule has 0 saturated heterocycles. The zero-order valence-corrected chi connectivity index (χ0v) is 12.5. The molecule has 0 N–H and O–H groups in total. The monoisotopic (exact) mass is 295 g/mol. The minimum Gasteiger partial charge on any atom is -0.343 e. The Bertz CT molecular complexity index is 129. The second kappa shape index (κ2) is 23.6. The maximum Gasteiger partial charge on any atom is 2.00 e. The molecule has 0 spiro atoms. The molecular weight excluding hydrogens is 277 g/mol. The van der Waals surface area contributed by atoms with Crippen molar-refractivity contribution in [1.29, 1.82) is 0 Å². The maximum absolute atomic E-state index is 3.60. The predicted octanol–water partition coefficient (Wildman–Crippen LogP) is 4.58. The average molecular weight is 297 g/mol. The van der Waals surface area contributed by atoms with Gasteiger partial charge in [-0.1, -0.05) is 13.3 Å². The van der Waals surface area contributed by atoms with E-state index in [1.165, 1.54) is 12.0 Å². The van der Waals surface area contributed by atoms with Crippen molar-refractivity contribution in [2.75, 3.05) is 0 Å². The van der Waals surface area contributed by atoms with Crippen LogP contribution in [0.25, 0.3) is 0 Å². The summed E-state index contributed by atoms with van der Waals surface area (Å²) in [6.45, 7) is 7.81. The Morgan fingerprint density at radius 3 is 1.86 bits per heavy atom. The Labute approximate surface area is 119 Å². The van der Waals surface area contributed by atoms with E-state index in [-0.39, 0.29) is 55.8 Å². The number of halogens is 3. The molecule has 0 saturated carbocycles. The summed E-state index contributed by atoms with van der Waals surface area (Å²) in [5.74, 6) is 0. The normalized spacial score (nSPS) is 10.1. The van der Waals surface area contributed by atoms with E-state index in [4.69, 9.17) is 0 Å². The van der Waals surface area contributed by atoms with Gasteiger partial charge in [0.2, 0.25) is 0 Å². The first-order valence-corrected chi connectivity index (χ1v) is 3.83. The molecule has 0 amide bonds. The largest absolute Gasteiger partial charge is 2.00 e. The summed E-state index contributed by atoms with van der Waals surface area (Å²) in [5.41, 5.74) is 1.34. The van der Waals surface area contributed by atoms with Gasteiger partial charge in [-0.15, -0.1) is 50.6 Å². The molecule has 0 aromatic rings. The molecule has 0 fully saturated rings. The van der Waals surface area contributed by atoms with Gasteiger partial charge in [0, 0.05) is 0 Å². The van der Waals surface area contributed by atoms with Crippen LogP contribution in [-0.4, -0.2) is 0 Å². The molecule has 0 heterocycles. The van der Waals surface area contributed by atoms with Gasteiger partial charge in [0.05, 0.1) is 0 Å². The average Bonchev–Trinajstić information content (AvgIpc) is 2.40. The number of hydrogen-bond donors (Lipinski definition) is 0. The van der Waals surface area contributed by atoms with Crippen molar-refractivity contribution in [3.05, 3.63) is 30.7 Å². The molecule has 1 aliphatic rings. The summed E-state index contributed by atoms with van der Waals surface area (Å²) < 4.78 is 0. The minimum absolute atomic E-state index is 0. The summed E-state index contributed by atoms with van der Waals surface area (Å²) in [6, 6.07) is 0. The van der Waals surface area contributed by atoms with Crippen LogP contribution in [0.4, 0.5) is 0 Å². The van der Waals surface area contributed by atoms with Crippen LogP contribution in [0.5, 0.6) is 0 Å². The molecule has 0 bridgehead atoms. The minimum atomic E-state index is 0. The topological polar surface area (TPSA) is 0 Å². The third-order valence-corrected chi connectivity index (χ3v) is 1.23. The molecule has 85 valence electrons. The van der Waals surface area contributed by atoms with Gasteiger partial charge >= 0.3 is 18.6 Å². The molecule has 1 radical (unpaired) electrons. The molecule has 1 aliphatic carbocycles. The van der Waals surface area contributed by atoms with E-state index >= 15 is 0 Å². The van der Waals surface area contributed by atoms with Gasteiger partial charge in [0.15, 0.2) is 0 Å². The molecular formula is C10H19Cl3V. The SMILES string of the molecule is CC1=CC[C-]=C1.Cl.Cl.Cl.[CH2-]CCC.[V+2]. The number of rotatable bonds is 1. The van der Waals surface area contributed by atoms with Crippen molar-refractivity contribution in [1.82, 2.24) is 0 Å². The summed E-state index contributed by atoms with van der Waals surface area (Å²) in [7, 11) is 0. The van der Waals surface area contributed by atoms with Crippen molar-refractivity contribution < 1.29 is 18.6 Å². The third-order valence-electron chi connectivity index (χ3n) is 1.23. The van der Waals surface area contributed by atoms with Crippen molar-refractivity contribution in [2.24, 2.45) is 0 Å². The van der Waals surface area contributed by atoms with Crippen LogP contribution in [0.1, 0.15) is 33.1 Å². The molecule has 14 heavy (non-hydrogen) atoms. The van der Waals surface area contributed by atoms with Crippen molar-refractivity contribution in [3.63, 3.8) is 0 Å². The van der Waals surface area contributed by atoms with Crippen molar-refractivity contribution >= 4 is 37.2 Å². The zero-order chi connectivity index (χ0) is 7.82. The maximum atomic E-state index is 3.60. The first kappa shape index (κ1) is 29.4. The molecule has 0 unspecified atom stereocenters. The number of hydrogen-bond acceptors (Lipinski definition) is 0. The second-order valence-corrected chi connectivity index (χ2v) is 2.35. The van der Waals surface area contributed by atoms with Gasteiger partial charge in [0.1, 0.15) is 0 Å². The molecule has 0 aromatic heterocycles. The van der Waals surface area contributed by atoms with Crippen LogP contribution in [0, 0.1) is 13.0 Å². The van der Waals surface area contributed by atoms with Crippen LogP contribution >= 0.6 is 37.2 Å². The van der Waals surface area contributed by atoms with Crippen LogP contribution in [-0.2, 0) is 18.6 Å². The van der Waals surface area contributed by atoms with E-state index in [1.54, 1.807) is 0 Å². The van der Waals surface area contributed by atoms with Crippen LogP contribution in [0.3, 0.4) is 0 Å². The summed E-state index contributed by atoms with van der Waals surface area (Å²) >= 11 is 0. The van der Waals surface area contributed by atoms with E-state index in [0.29, 0.717) is 0 Å². The molecule has 0 aliphatic heterocycles. The van der Waals surface area contributed by atoms with Gasteiger partial charge in [-0.2, -0.15) is 12.5 Å². The fourth-order valence-electron chi connectivity index (χ4n) is 0.499. The fourth-order valence-corrected chi connectivity index (χ4v) is 0.499. The Hall–Kier alpha value is 0.934.